The summed E-state index contributed by atoms with van der Waals surface area (Å²) in [6.45, 7) is 2.27. The van der Waals surface area contributed by atoms with Gasteiger partial charge < -0.3 is 4.74 Å². The Morgan fingerprint density at radius 1 is 1.53 bits per heavy atom. The predicted octanol–water partition coefficient (Wildman–Crippen LogP) is 3.24. The van der Waals surface area contributed by atoms with E-state index in [0.717, 1.165) is 29.4 Å². The van der Waals surface area contributed by atoms with Crippen LogP contribution >= 0.6 is 11.6 Å². The lowest BCUT2D eigenvalue weighted by molar-refractivity contribution is 0.352. The van der Waals surface area contributed by atoms with Crippen molar-refractivity contribution in [2.45, 2.75) is 0 Å². The van der Waals surface area contributed by atoms with Crippen LogP contribution < -0.4 is 4.74 Å². The van der Waals surface area contributed by atoms with E-state index in [1.54, 1.807) is 6.08 Å². The molecule has 2 nitrogen and oxygen atoms in total. The topological polar surface area (TPSA) is 12.5 Å². The van der Waals surface area contributed by atoms with Crippen LogP contribution in [0.15, 0.2) is 36.4 Å². The Labute approximate surface area is 119 Å². The quantitative estimate of drug-likeness (QED) is 0.781. The Bertz CT molecular complexity index is 554. The second-order valence-electron chi connectivity index (χ2n) is 4.45. The van der Waals surface area contributed by atoms with Crippen LogP contribution in [0.5, 0.6) is 5.75 Å². The first-order valence-corrected chi connectivity index (χ1v) is 6.50. The average Bonchev–Trinajstić information content (AvgIpc) is 2.40. The third-order valence-corrected chi connectivity index (χ3v) is 3.16. The maximum Gasteiger partial charge on any atom is 0.127 e. The summed E-state index contributed by atoms with van der Waals surface area (Å²) in [5.41, 5.74) is 2.31. The lowest BCUT2D eigenvalue weighted by Gasteiger charge is -2.22. The Balaban J connectivity index is 2.10. The zero-order valence-electron chi connectivity index (χ0n) is 10.9. The Kier molecular flexibility index (Phi) is 4.68. The number of halogens is 1. The maximum atomic E-state index is 6.05. The molecule has 0 saturated carbocycles. The second-order valence-corrected chi connectivity index (χ2v) is 4.88. The fourth-order valence-electron chi connectivity index (χ4n) is 2.03. The van der Waals surface area contributed by atoms with Crippen molar-refractivity contribution < 1.29 is 4.74 Å². The van der Waals surface area contributed by atoms with Gasteiger partial charge in [0.25, 0.3) is 0 Å². The van der Waals surface area contributed by atoms with Gasteiger partial charge in [0.1, 0.15) is 12.4 Å². The fourth-order valence-corrected chi connectivity index (χ4v) is 2.20. The van der Waals surface area contributed by atoms with Crippen molar-refractivity contribution in [3.63, 3.8) is 0 Å². The van der Waals surface area contributed by atoms with Crippen molar-refractivity contribution in [2.24, 2.45) is 0 Å². The molecule has 0 bridgehead atoms. The molecule has 19 heavy (non-hydrogen) atoms. The highest BCUT2D eigenvalue weighted by atomic mass is 35.5. The highest BCUT2D eigenvalue weighted by Crippen LogP contribution is 2.32. The summed E-state index contributed by atoms with van der Waals surface area (Å²) in [7, 11) is 2.06. The van der Waals surface area contributed by atoms with Gasteiger partial charge in [0, 0.05) is 23.7 Å². The smallest absolute Gasteiger partial charge is 0.127 e. The van der Waals surface area contributed by atoms with Gasteiger partial charge in [-0.15, -0.1) is 6.42 Å². The van der Waals surface area contributed by atoms with E-state index in [0.29, 0.717) is 6.61 Å². The van der Waals surface area contributed by atoms with Gasteiger partial charge in [0.05, 0.1) is 0 Å². The van der Waals surface area contributed by atoms with Gasteiger partial charge in [0.2, 0.25) is 0 Å². The first-order valence-electron chi connectivity index (χ1n) is 6.12. The normalized spacial score (nSPS) is 13.9. The molecule has 2 rings (SSSR count). The summed E-state index contributed by atoms with van der Waals surface area (Å²) < 4.78 is 5.59. The van der Waals surface area contributed by atoms with Crippen LogP contribution in [-0.4, -0.2) is 31.6 Å². The third kappa shape index (κ3) is 3.64. The van der Waals surface area contributed by atoms with Gasteiger partial charge in [-0.05, 0) is 43.0 Å². The minimum absolute atomic E-state index is 0.609. The van der Waals surface area contributed by atoms with Crippen molar-refractivity contribution in [3.05, 3.63) is 47.0 Å². The number of nitrogens with zero attached hydrogens (tertiary/aromatic N) is 1. The molecule has 0 unspecified atom stereocenters. The largest absolute Gasteiger partial charge is 0.489 e. The van der Waals surface area contributed by atoms with E-state index < -0.39 is 0 Å². The number of allylic oxidation sites excluding steroid dienone is 1. The molecule has 0 saturated heterocycles. The standard InChI is InChI=1S/C16H16ClNO/c1-3-4-5-9-18(2)12-13-8-10-19-16-7-6-14(17)11-15(13)16/h1,4-8,11H,9-10,12H2,2H3. The van der Waals surface area contributed by atoms with E-state index in [9.17, 15) is 0 Å². The van der Waals surface area contributed by atoms with Crippen molar-refractivity contribution in [1.29, 1.82) is 0 Å². The van der Waals surface area contributed by atoms with Gasteiger partial charge >= 0.3 is 0 Å². The van der Waals surface area contributed by atoms with Crippen molar-refractivity contribution in [3.8, 4) is 18.1 Å². The number of rotatable bonds is 4. The number of benzene rings is 1. The molecule has 3 heteroatoms. The van der Waals surface area contributed by atoms with Crippen molar-refractivity contribution in [1.82, 2.24) is 4.90 Å². The first kappa shape index (κ1) is 13.7. The molecule has 98 valence electrons. The van der Waals surface area contributed by atoms with E-state index in [1.807, 2.05) is 24.3 Å². The van der Waals surface area contributed by atoms with Crippen LogP contribution in [0, 0.1) is 12.3 Å². The minimum atomic E-state index is 0.609. The molecule has 0 aliphatic carbocycles. The summed E-state index contributed by atoms with van der Waals surface area (Å²) in [4.78, 5) is 2.19. The Morgan fingerprint density at radius 2 is 2.37 bits per heavy atom. The Hall–Kier alpha value is -1.69. The SMILES string of the molecule is C#CC=CCN(C)CC1=CCOc2ccc(Cl)cc21. The average molecular weight is 274 g/mol. The molecule has 1 aliphatic rings. The molecule has 0 fully saturated rings. The molecule has 0 radical (unpaired) electrons. The van der Waals surface area contributed by atoms with Crippen molar-refractivity contribution in [2.75, 3.05) is 26.7 Å². The van der Waals surface area contributed by atoms with Crippen LogP contribution in [0.4, 0.5) is 0 Å². The lowest BCUT2D eigenvalue weighted by Crippen LogP contribution is -2.22. The predicted molar refractivity (Wildman–Crippen MR) is 80.4 cm³/mol. The summed E-state index contributed by atoms with van der Waals surface area (Å²) >= 11 is 6.05. The Morgan fingerprint density at radius 3 is 3.16 bits per heavy atom. The zero-order chi connectivity index (χ0) is 13.7. The molecule has 0 atom stereocenters. The van der Waals surface area contributed by atoms with E-state index in [-0.39, 0.29) is 0 Å². The molecule has 0 aromatic heterocycles. The number of terminal acetylenes is 1. The number of ether oxygens (including phenoxy) is 1. The van der Waals surface area contributed by atoms with E-state index in [4.69, 9.17) is 22.8 Å². The van der Waals surface area contributed by atoms with Gasteiger partial charge in [0.15, 0.2) is 0 Å². The van der Waals surface area contributed by atoms with Crippen LogP contribution in [0.1, 0.15) is 5.56 Å². The lowest BCUT2D eigenvalue weighted by atomic mass is 10.0. The molecule has 1 aromatic carbocycles. The van der Waals surface area contributed by atoms with E-state index >= 15 is 0 Å². The van der Waals surface area contributed by atoms with Gasteiger partial charge in [-0.2, -0.15) is 0 Å². The zero-order valence-corrected chi connectivity index (χ0v) is 11.7. The minimum Gasteiger partial charge on any atom is -0.489 e. The highest BCUT2D eigenvalue weighted by Gasteiger charge is 2.15. The second kappa shape index (κ2) is 6.47. The summed E-state index contributed by atoms with van der Waals surface area (Å²) in [5, 5.41) is 0.727. The summed E-state index contributed by atoms with van der Waals surface area (Å²) in [5.74, 6) is 3.39. The van der Waals surface area contributed by atoms with Gasteiger partial charge in [-0.1, -0.05) is 23.6 Å². The molecular weight excluding hydrogens is 258 g/mol. The number of hydrogen-bond donors (Lipinski definition) is 0. The highest BCUT2D eigenvalue weighted by molar-refractivity contribution is 6.30. The van der Waals surface area contributed by atoms with Gasteiger partial charge in [-0.3, -0.25) is 4.90 Å². The number of hydrogen-bond acceptors (Lipinski definition) is 2. The number of likely N-dealkylation sites (N-methyl/N-ethyl adjacent to an activating group) is 1. The summed E-state index contributed by atoms with van der Waals surface area (Å²) in [6.07, 6.45) is 11.0. The van der Waals surface area contributed by atoms with Crippen molar-refractivity contribution >= 4 is 17.2 Å². The summed E-state index contributed by atoms with van der Waals surface area (Å²) in [6, 6.07) is 5.72. The van der Waals surface area contributed by atoms with Gasteiger partial charge in [-0.25, -0.2) is 0 Å². The van der Waals surface area contributed by atoms with E-state index in [1.165, 1.54) is 5.57 Å². The maximum absolute atomic E-state index is 6.05. The third-order valence-electron chi connectivity index (χ3n) is 2.93. The molecule has 1 aliphatic heterocycles. The van der Waals surface area contributed by atoms with E-state index in [2.05, 4.69) is 23.9 Å². The monoisotopic (exact) mass is 273 g/mol. The molecule has 0 amide bonds. The molecule has 1 heterocycles. The molecule has 0 spiro atoms. The molecule has 0 N–H and O–H groups in total. The fraction of sp³-hybridized carbons (Fsp3) is 0.250. The first-order chi connectivity index (χ1) is 9.20. The van der Waals surface area contributed by atoms with Crippen LogP contribution in [0.25, 0.3) is 5.57 Å². The molecule has 1 aromatic rings. The van der Waals surface area contributed by atoms with Crippen LogP contribution in [0.2, 0.25) is 5.02 Å². The molecular formula is C16H16ClNO. The number of fused-ring (bicyclic) bond motifs is 1. The van der Waals surface area contributed by atoms with Crippen LogP contribution in [0.3, 0.4) is 0 Å². The van der Waals surface area contributed by atoms with Crippen LogP contribution in [-0.2, 0) is 0 Å².